The van der Waals surface area contributed by atoms with Crippen molar-refractivity contribution in [3.05, 3.63) is 35.1 Å². The van der Waals surface area contributed by atoms with Crippen LogP contribution in [0.15, 0.2) is 35.1 Å². The molecule has 3 atom stereocenters. The molecule has 3 aliphatic rings. The van der Waals surface area contributed by atoms with Gasteiger partial charge in [0.15, 0.2) is 0 Å². The molecule has 2 aliphatic carbocycles. The smallest absolute Gasteiger partial charge is 0.337 e. The van der Waals surface area contributed by atoms with Crippen LogP contribution in [0, 0.1) is 16.7 Å². The third kappa shape index (κ3) is 3.50. The van der Waals surface area contributed by atoms with Crippen molar-refractivity contribution in [1.82, 2.24) is 4.90 Å². The quantitative estimate of drug-likeness (QED) is 0.473. The highest BCUT2D eigenvalue weighted by Crippen LogP contribution is 2.60. The molecule has 1 saturated carbocycles. The molecule has 27 heavy (non-hydrogen) atoms. The Morgan fingerprint density at radius 1 is 1.30 bits per heavy atom. The number of esters is 1. The molecular weight excluding hydrogens is 334 g/mol. The number of allylic oxidation sites excluding steroid dienone is 1. The molecule has 0 N–H and O–H groups in total. The highest BCUT2D eigenvalue weighted by Gasteiger charge is 2.52. The number of fused-ring (bicyclic) bond motifs is 1. The summed E-state index contributed by atoms with van der Waals surface area (Å²) < 4.78 is 5.02. The highest BCUT2D eigenvalue weighted by atomic mass is 16.5. The summed E-state index contributed by atoms with van der Waals surface area (Å²) in [5, 5.41) is 0. The number of hydrogen-bond acceptors (Lipinski definition) is 3. The van der Waals surface area contributed by atoms with Crippen LogP contribution in [-0.2, 0) is 9.53 Å². The van der Waals surface area contributed by atoms with Crippen LogP contribution >= 0.6 is 0 Å². The van der Waals surface area contributed by atoms with Crippen LogP contribution in [0.1, 0.15) is 73.1 Å². The van der Waals surface area contributed by atoms with Crippen molar-refractivity contribution in [2.75, 3.05) is 13.7 Å². The summed E-state index contributed by atoms with van der Waals surface area (Å²) in [5.41, 5.74) is 4.40. The number of carbonyl (C=O) groups is 1. The van der Waals surface area contributed by atoms with Crippen molar-refractivity contribution in [2.45, 2.75) is 79.2 Å². The van der Waals surface area contributed by atoms with E-state index in [0.717, 1.165) is 13.0 Å². The molecule has 1 aliphatic heterocycles. The van der Waals surface area contributed by atoms with Crippen molar-refractivity contribution in [2.24, 2.45) is 16.7 Å². The number of carbonyl (C=O) groups excluding carboxylic acids is 1. The molecule has 0 aromatic carbocycles. The fraction of sp³-hybridized carbons (Fsp3) is 0.708. The van der Waals surface area contributed by atoms with E-state index in [4.69, 9.17) is 4.74 Å². The Balaban J connectivity index is 2.08. The summed E-state index contributed by atoms with van der Waals surface area (Å²) in [6, 6.07) is 0.172. The molecular formula is C24H37NO2. The van der Waals surface area contributed by atoms with Crippen molar-refractivity contribution in [3.8, 4) is 0 Å². The minimum Gasteiger partial charge on any atom is -0.465 e. The lowest BCUT2D eigenvalue weighted by Crippen LogP contribution is -2.50. The first-order chi connectivity index (χ1) is 12.7. The molecule has 3 nitrogen and oxygen atoms in total. The Morgan fingerprint density at radius 2 is 2.04 bits per heavy atom. The van der Waals surface area contributed by atoms with Crippen LogP contribution in [0.5, 0.6) is 0 Å². The Morgan fingerprint density at radius 3 is 2.70 bits per heavy atom. The summed E-state index contributed by atoms with van der Waals surface area (Å²) in [6.45, 7) is 13.0. The molecule has 0 saturated heterocycles. The predicted octanol–water partition coefficient (Wildman–Crippen LogP) is 5.64. The van der Waals surface area contributed by atoms with Crippen LogP contribution in [0.25, 0.3) is 0 Å². The fourth-order valence-electron chi connectivity index (χ4n) is 6.29. The SMILES string of the molecule is CCCN1C=CC(C(=O)OC)=CC1C1=C(C)CCC2C(C)(C)CCC[C@]12C. The molecule has 2 unspecified atom stereocenters. The lowest BCUT2D eigenvalue weighted by Gasteiger charge is -2.57. The second-order valence-corrected chi connectivity index (χ2v) is 9.66. The molecule has 0 amide bonds. The molecule has 0 aromatic rings. The topological polar surface area (TPSA) is 29.5 Å². The molecule has 0 bridgehead atoms. The van der Waals surface area contributed by atoms with Gasteiger partial charge in [-0.15, -0.1) is 0 Å². The van der Waals surface area contributed by atoms with E-state index < -0.39 is 0 Å². The Hall–Kier alpha value is -1.51. The molecule has 150 valence electrons. The second-order valence-electron chi connectivity index (χ2n) is 9.66. The first-order valence-electron chi connectivity index (χ1n) is 10.7. The largest absolute Gasteiger partial charge is 0.465 e. The molecule has 1 heterocycles. The van der Waals surface area contributed by atoms with Gasteiger partial charge in [0.2, 0.25) is 0 Å². The number of rotatable bonds is 4. The molecule has 1 fully saturated rings. The van der Waals surface area contributed by atoms with Crippen molar-refractivity contribution >= 4 is 5.97 Å². The summed E-state index contributed by atoms with van der Waals surface area (Å²) in [5.74, 6) is 0.481. The van der Waals surface area contributed by atoms with Crippen LogP contribution in [0.2, 0.25) is 0 Å². The van der Waals surface area contributed by atoms with Gasteiger partial charge in [0.25, 0.3) is 0 Å². The number of methoxy groups -OCH3 is 1. The maximum absolute atomic E-state index is 12.2. The van der Waals surface area contributed by atoms with Crippen molar-refractivity contribution in [1.29, 1.82) is 0 Å². The lowest BCUT2D eigenvalue weighted by atomic mass is 9.49. The van der Waals surface area contributed by atoms with Gasteiger partial charge in [0.1, 0.15) is 0 Å². The van der Waals surface area contributed by atoms with Gasteiger partial charge >= 0.3 is 5.97 Å². The van der Waals surface area contributed by atoms with E-state index in [0.29, 0.717) is 16.9 Å². The van der Waals surface area contributed by atoms with E-state index in [1.54, 1.807) is 5.57 Å². The van der Waals surface area contributed by atoms with Crippen LogP contribution in [0.3, 0.4) is 0 Å². The van der Waals surface area contributed by atoms with E-state index in [9.17, 15) is 4.79 Å². The Kier molecular flexibility index (Phi) is 5.61. The van der Waals surface area contributed by atoms with Crippen LogP contribution < -0.4 is 0 Å². The van der Waals surface area contributed by atoms with E-state index in [-0.39, 0.29) is 17.4 Å². The standard InChI is InChI=1S/C24H37NO2/c1-7-14-25-15-11-18(22(26)27-6)16-19(25)21-17(2)9-10-20-23(3,4)12-8-13-24(20,21)5/h11,15-16,19-20H,7-10,12-14H2,1-6H3/t19?,20?,24-/m0/s1. The average molecular weight is 372 g/mol. The van der Waals surface area contributed by atoms with Crippen molar-refractivity contribution < 1.29 is 9.53 Å². The van der Waals surface area contributed by atoms with E-state index in [1.165, 1.54) is 44.8 Å². The van der Waals surface area contributed by atoms with Crippen LogP contribution in [-0.4, -0.2) is 30.6 Å². The summed E-state index contributed by atoms with van der Waals surface area (Å²) >= 11 is 0. The van der Waals surface area contributed by atoms with Crippen molar-refractivity contribution in [3.63, 3.8) is 0 Å². The highest BCUT2D eigenvalue weighted by molar-refractivity contribution is 5.92. The van der Waals surface area contributed by atoms with Gasteiger partial charge in [-0.25, -0.2) is 4.79 Å². The van der Waals surface area contributed by atoms with Gasteiger partial charge < -0.3 is 9.64 Å². The lowest BCUT2D eigenvalue weighted by molar-refractivity contribution is -0.135. The maximum Gasteiger partial charge on any atom is 0.337 e. The van der Waals surface area contributed by atoms with Crippen LogP contribution in [0.4, 0.5) is 0 Å². The maximum atomic E-state index is 12.2. The average Bonchev–Trinajstić information content (AvgIpc) is 2.61. The number of ether oxygens (including phenoxy) is 1. The Labute approximate surface area is 165 Å². The van der Waals surface area contributed by atoms with Gasteiger partial charge in [-0.2, -0.15) is 0 Å². The third-order valence-corrected chi connectivity index (χ3v) is 7.45. The second kappa shape index (κ2) is 7.48. The molecule has 0 radical (unpaired) electrons. The molecule has 3 rings (SSSR count). The number of nitrogens with zero attached hydrogens (tertiary/aromatic N) is 1. The molecule has 3 heteroatoms. The van der Waals surface area contributed by atoms with Gasteiger partial charge in [-0.05, 0) is 73.5 Å². The first kappa shape index (κ1) is 20.2. The zero-order valence-corrected chi connectivity index (χ0v) is 18.1. The Bertz CT molecular complexity index is 684. The van der Waals surface area contributed by atoms with E-state index >= 15 is 0 Å². The predicted molar refractivity (Wildman–Crippen MR) is 111 cm³/mol. The zero-order valence-electron chi connectivity index (χ0n) is 18.1. The first-order valence-corrected chi connectivity index (χ1v) is 10.7. The summed E-state index contributed by atoms with van der Waals surface area (Å²) in [4.78, 5) is 14.7. The molecule has 0 spiro atoms. The normalized spacial score (nSPS) is 32.8. The number of hydrogen-bond donors (Lipinski definition) is 0. The minimum atomic E-state index is -0.230. The van der Waals surface area contributed by atoms with Gasteiger partial charge in [-0.3, -0.25) is 0 Å². The third-order valence-electron chi connectivity index (χ3n) is 7.45. The van der Waals surface area contributed by atoms with Gasteiger partial charge in [0.05, 0.1) is 18.7 Å². The van der Waals surface area contributed by atoms with Gasteiger partial charge in [-0.1, -0.05) is 39.7 Å². The molecule has 0 aromatic heterocycles. The zero-order chi connectivity index (χ0) is 19.8. The summed E-state index contributed by atoms with van der Waals surface area (Å²) in [7, 11) is 1.47. The van der Waals surface area contributed by atoms with Gasteiger partial charge in [0, 0.05) is 12.7 Å². The monoisotopic (exact) mass is 371 g/mol. The minimum absolute atomic E-state index is 0.172. The van der Waals surface area contributed by atoms with E-state index in [1.807, 2.05) is 6.08 Å². The fourth-order valence-corrected chi connectivity index (χ4v) is 6.29. The van der Waals surface area contributed by atoms with E-state index in [2.05, 4.69) is 51.8 Å². The summed E-state index contributed by atoms with van der Waals surface area (Å²) in [6.07, 6.45) is 13.6.